The third-order valence-corrected chi connectivity index (χ3v) is 3.89. The van der Waals surface area contributed by atoms with Gasteiger partial charge >= 0.3 is 0 Å². The topological polar surface area (TPSA) is 29.9 Å². The molecule has 2 rings (SSSR count). The lowest BCUT2D eigenvalue weighted by molar-refractivity contribution is 0.343. The summed E-state index contributed by atoms with van der Waals surface area (Å²) >= 11 is 6.24. The van der Waals surface area contributed by atoms with Crippen LogP contribution in [0.5, 0.6) is 0 Å². The Hall–Kier alpha value is -0.540. The Labute approximate surface area is 102 Å². The molecule has 2 atom stereocenters. The van der Waals surface area contributed by atoms with E-state index in [1.54, 1.807) is 6.20 Å². The van der Waals surface area contributed by atoms with Crippen LogP contribution in [-0.4, -0.2) is 22.9 Å². The summed E-state index contributed by atoms with van der Waals surface area (Å²) in [5.41, 5.74) is 1.24. The maximum absolute atomic E-state index is 6.24. The monoisotopic (exact) mass is 241 g/mol. The average Bonchev–Trinajstić information content (AvgIpc) is 2.70. The van der Waals surface area contributed by atoms with E-state index in [1.807, 2.05) is 11.7 Å². The molecule has 2 unspecified atom stereocenters. The van der Waals surface area contributed by atoms with Gasteiger partial charge in [-0.05, 0) is 33.2 Å². The van der Waals surface area contributed by atoms with E-state index in [0.29, 0.717) is 12.0 Å². The Balaban J connectivity index is 2.19. The van der Waals surface area contributed by atoms with Gasteiger partial charge < -0.3 is 5.32 Å². The van der Waals surface area contributed by atoms with Gasteiger partial charge in [-0.1, -0.05) is 18.0 Å². The van der Waals surface area contributed by atoms with Gasteiger partial charge in [0.05, 0.1) is 16.9 Å². The van der Waals surface area contributed by atoms with Crippen molar-refractivity contribution in [3.05, 3.63) is 16.9 Å². The second-order valence-corrected chi connectivity index (χ2v) is 4.95. The van der Waals surface area contributed by atoms with Crippen LogP contribution in [0.4, 0.5) is 0 Å². The lowest BCUT2D eigenvalue weighted by Crippen LogP contribution is -2.31. The van der Waals surface area contributed by atoms with E-state index < -0.39 is 0 Å². The quantitative estimate of drug-likeness (QED) is 0.882. The molecule has 3 nitrogen and oxygen atoms in total. The highest BCUT2D eigenvalue weighted by Gasteiger charge is 2.26. The third kappa shape index (κ3) is 2.25. The fourth-order valence-electron chi connectivity index (χ4n) is 2.73. The van der Waals surface area contributed by atoms with Gasteiger partial charge in [-0.3, -0.25) is 4.68 Å². The molecule has 0 radical (unpaired) electrons. The Bertz CT molecular complexity index is 348. The number of hydrogen-bond donors (Lipinski definition) is 1. The Morgan fingerprint density at radius 3 is 3.06 bits per heavy atom. The molecule has 0 saturated heterocycles. The maximum atomic E-state index is 6.24. The van der Waals surface area contributed by atoms with Crippen LogP contribution in [0.25, 0.3) is 0 Å². The number of aromatic nitrogens is 2. The molecule has 1 heterocycles. The highest BCUT2D eigenvalue weighted by molar-refractivity contribution is 6.31. The minimum Gasteiger partial charge on any atom is -0.317 e. The van der Waals surface area contributed by atoms with Crippen molar-refractivity contribution in [2.75, 3.05) is 7.05 Å². The lowest BCUT2D eigenvalue weighted by atomic mass is 9.83. The molecule has 1 aliphatic carbocycles. The van der Waals surface area contributed by atoms with Crippen molar-refractivity contribution in [3.63, 3.8) is 0 Å². The van der Waals surface area contributed by atoms with Gasteiger partial charge in [0.15, 0.2) is 0 Å². The molecule has 0 aliphatic heterocycles. The fraction of sp³-hybridized carbons (Fsp3) is 0.750. The Morgan fingerprint density at radius 1 is 1.56 bits per heavy atom. The molecule has 0 bridgehead atoms. The first-order valence-electron chi connectivity index (χ1n) is 6.14. The second-order valence-electron chi connectivity index (χ2n) is 4.54. The third-order valence-electron chi connectivity index (χ3n) is 3.60. The van der Waals surface area contributed by atoms with Crippen LogP contribution in [0.15, 0.2) is 6.20 Å². The molecule has 4 heteroatoms. The largest absolute Gasteiger partial charge is 0.317 e. The van der Waals surface area contributed by atoms with E-state index in [4.69, 9.17) is 11.6 Å². The minimum absolute atomic E-state index is 0.571. The molecular weight excluding hydrogens is 222 g/mol. The SMILES string of the molecule is CCn1ncc(Cl)c1C1CCCC(NC)C1. The van der Waals surface area contributed by atoms with Crippen LogP contribution in [-0.2, 0) is 6.54 Å². The summed E-state index contributed by atoms with van der Waals surface area (Å²) < 4.78 is 2.05. The number of nitrogens with zero attached hydrogens (tertiary/aromatic N) is 2. The van der Waals surface area contributed by atoms with Crippen molar-refractivity contribution < 1.29 is 0 Å². The highest BCUT2D eigenvalue weighted by atomic mass is 35.5. The molecule has 1 aliphatic rings. The van der Waals surface area contributed by atoms with Crippen LogP contribution < -0.4 is 5.32 Å². The Kier molecular flexibility index (Phi) is 3.87. The van der Waals surface area contributed by atoms with Crippen molar-refractivity contribution in [1.29, 1.82) is 0 Å². The van der Waals surface area contributed by atoms with Crippen LogP contribution in [0.2, 0.25) is 5.02 Å². The summed E-state index contributed by atoms with van der Waals surface area (Å²) in [6, 6.07) is 0.634. The summed E-state index contributed by atoms with van der Waals surface area (Å²) in [7, 11) is 2.05. The predicted molar refractivity (Wildman–Crippen MR) is 67.0 cm³/mol. The summed E-state index contributed by atoms with van der Waals surface area (Å²) in [5.74, 6) is 0.571. The van der Waals surface area contributed by atoms with Crippen LogP contribution in [0.3, 0.4) is 0 Å². The zero-order valence-corrected chi connectivity index (χ0v) is 10.8. The van der Waals surface area contributed by atoms with Crippen LogP contribution in [0, 0.1) is 0 Å². The van der Waals surface area contributed by atoms with E-state index >= 15 is 0 Å². The van der Waals surface area contributed by atoms with Crippen molar-refractivity contribution >= 4 is 11.6 Å². The molecule has 90 valence electrons. The second kappa shape index (κ2) is 5.19. The summed E-state index contributed by atoms with van der Waals surface area (Å²) in [5, 5.41) is 8.54. The van der Waals surface area contributed by atoms with E-state index in [2.05, 4.69) is 17.3 Å². The number of rotatable bonds is 3. The van der Waals surface area contributed by atoms with Crippen molar-refractivity contribution in [3.8, 4) is 0 Å². The normalized spacial score (nSPS) is 25.9. The average molecular weight is 242 g/mol. The van der Waals surface area contributed by atoms with E-state index in [9.17, 15) is 0 Å². The van der Waals surface area contributed by atoms with Crippen molar-refractivity contribution in [2.24, 2.45) is 0 Å². The number of aryl methyl sites for hydroxylation is 1. The molecule has 0 amide bonds. The van der Waals surface area contributed by atoms with Gasteiger partial charge in [-0.2, -0.15) is 5.10 Å². The van der Waals surface area contributed by atoms with Gasteiger partial charge in [0.2, 0.25) is 0 Å². The smallest absolute Gasteiger partial charge is 0.0820 e. The predicted octanol–water partition coefficient (Wildman–Crippen LogP) is 2.80. The number of hydrogen-bond acceptors (Lipinski definition) is 2. The summed E-state index contributed by atoms with van der Waals surface area (Å²) in [6.45, 7) is 3.02. The molecule has 0 spiro atoms. The van der Waals surface area contributed by atoms with Crippen LogP contribution in [0.1, 0.15) is 44.2 Å². The summed E-state index contributed by atoms with van der Waals surface area (Å²) in [6.07, 6.45) is 6.77. The first kappa shape index (κ1) is 11.9. The van der Waals surface area contributed by atoms with E-state index in [-0.39, 0.29) is 0 Å². The number of halogens is 1. The zero-order valence-electron chi connectivity index (χ0n) is 10.0. The molecular formula is C12H20ClN3. The van der Waals surface area contributed by atoms with Gasteiger partial charge in [0.1, 0.15) is 0 Å². The lowest BCUT2D eigenvalue weighted by Gasteiger charge is -2.29. The van der Waals surface area contributed by atoms with E-state index in [1.165, 1.54) is 31.4 Å². The van der Waals surface area contributed by atoms with Gasteiger partial charge in [0, 0.05) is 18.5 Å². The Morgan fingerprint density at radius 2 is 2.38 bits per heavy atom. The molecule has 1 saturated carbocycles. The van der Waals surface area contributed by atoms with E-state index in [0.717, 1.165) is 11.6 Å². The molecule has 1 aromatic heterocycles. The fourth-order valence-corrected chi connectivity index (χ4v) is 3.03. The molecule has 0 aromatic carbocycles. The van der Waals surface area contributed by atoms with Gasteiger partial charge in [0.25, 0.3) is 0 Å². The van der Waals surface area contributed by atoms with Crippen molar-refractivity contribution in [2.45, 2.75) is 51.1 Å². The molecule has 1 N–H and O–H groups in total. The molecule has 16 heavy (non-hydrogen) atoms. The first-order chi connectivity index (χ1) is 7.76. The standard InChI is InChI=1S/C12H20ClN3/c1-3-16-12(11(13)8-15-16)9-5-4-6-10(7-9)14-2/h8-10,14H,3-7H2,1-2H3. The van der Waals surface area contributed by atoms with Gasteiger partial charge in [-0.25, -0.2) is 0 Å². The number of nitrogens with one attached hydrogen (secondary N) is 1. The highest BCUT2D eigenvalue weighted by Crippen LogP contribution is 2.36. The first-order valence-corrected chi connectivity index (χ1v) is 6.52. The van der Waals surface area contributed by atoms with Gasteiger partial charge in [-0.15, -0.1) is 0 Å². The molecule has 1 fully saturated rings. The zero-order chi connectivity index (χ0) is 11.5. The van der Waals surface area contributed by atoms with Crippen molar-refractivity contribution in [1.82, 2.24) is 15.1 Å². The summed E-state index contributed by atoms with van der Waals surface area (Å²) in [4.78, 5) is 0. The van der Waals surface area contributed by atoms with Crippen LogP contribution >= 0.6 is 11.6 Å². The maximum Gasteiger partial charge on any atom is 0.0820 e. The molecule has 1 aromatic rings. The minimum atomic E-state index is 0.571.